The summed E-state index contributed by atoms with van der Waals surface area (Å²) in [5.41, 5.74) is -0.0698. The minimum absolute atomic E-state index is 0.0383. The lowest BCUT2D eigenvalue weighted by atomic mass is 9.91. The van der Waals surface area contributed by atoms with Crippen LogP contribution in [0.4, 0.5) is 15.1 Å². The van der Waals surface area contributed by atoms with Crippen LogP contribution < -0.4 is 10.6 Å². The molecule has 2 aromatic rings. The fourth-order valence-electron chi connectivity index (χ4n) is 3.48. The topological polar surface area (TPSA) is 113 Å². The molecule has 9 heteroatoms. The van der Waals surface area contributed by atoms with Crippen molar-refractivity contribution >= 4 is 18.0 Å². The highest BCUT2D eigenvalue weighted by Crippen LogP contribution is 2.25. The van der Waals surface area contributed by atoms with Gasteiger partial charge in [0.2, 0.25) is 5.95 Å². The monoisotopic (exact) mass is 430 g/mol. The summed E-state index contributed by atoms with van der Waals surface area (Å²) in [4.78, 5) is 31.4. The van der Waals surface area contributed by atoms with E-state index in [1.54, 1.807) is 12.1 Å². The zero-order valence-corrected chi connectivity index (χ0v) is 17.8. The molecular formula is C22H27FN4O4. The summed E-state index contributed by atoms with van der Waals surface area (Å²) in [6.07, 6.45) is 3.76. The Morgan fingerprint density at radius 3 is 2.48 bits per heavy atom. The van der Waals surface area contributed by atoms with E-state index in [2.05, 4.69) is 20.6 Å². The standard InChI is InChI=1S/C22H27FN4O4/c1-22(2,3)31-21(30)26-16-9-7-15(8-10-16)25-20-24-12-17(23)18(27-20)13-5-4-6-14(11-13)19(28)29/h4-6,11-12,15-16H,7-10H2,1-3H3,(H,26,30)(H,28,29)(H,24,25,27). The first kappa shape index (κ1) is 22.5. The number of nitrogens with one attached hydrogen (secondary N) is 2. The average Bonchev–Trinajstić information content (AvgIpc) is 2.69. The van der Waals surface area contributed by atoms with Crippen LogP contribution >= 0.6 is 0 Å². The van der Waals surface area contributed by atoms with Gasteiger partial charge < -0.3 is 20.5 Å². The van der Waals surface area contributed by atoms with Crippen LogP contribution in [0.2, 0.25) is 0 Å². The number of amides is 1. The highest BCUT2D eigenvalue weighted by molar-refractivity contribution is 5.89. The molecule has 1 aromatic heterocycles. The van der Waals surface area contributed by atoms with E-state index in [9.17, 15) is 14.0 Å². The van der Waals surface area contributed by atoms with Crippen molar-refractivity contribution in [1.82, 2.24) is 15.3 Å². The van der Waals surface area contributed by atoms with Gasteiger partial charge in [-0.3, -0.25) is 0 Å². The summed E-state index contributed by atoms with van der Waals surface area (Å²) in [5.74, 6) is -1.44. The van der Waals surface area contributed by atoms with Gasteiger partial charge in [0.15, 0.2) is 5.82 Å². The molecule has 1 heterocycles. The molecule has 0 bridgehead atoms. The molecule has 1 saturated carbocycles. The molecule has 166 valence electrons. The smallest absolute Gasteiger partial charge is 0.407 e. The number of halogens is 1. The predicted octanol–water partition coefficient (Wildman–Crippen LogP) is 4.23. The third-order valence-corrected chi connectivity index (χ3v) is 4.91. The Morgan fingerprint density at radius 2 is 1.84 bits per heavy atom. The first-order chi connectivity index (χ1) is 14.6. The van der Waals surface area contributed by atoms with Crippen LogP contribution in [-0.4, -0.2) is 44.8 Å². The number of alkyl carbamates (subject to hydrolysis) is 1. The van der Waals surface area contributed by atoms with Crippen LogP contribution in [0, 0.1) is 5.82 Å². The Bertz CT molecular complexity index is 953. The Balaban J connectivity index is 1.61. The van der Waals surface area contributed by atoms with E-state index in [0.29, 0.717) is 5.56 Å². The number of ether oxygens (including phenoxy) is 1. The number of benzene rings is 1. The van der Waals surface area contributed by atoms with Gasteiger partial charge in [-0.25, -0.2) is 23.9 Å². The van der Waals surface area contributed by atoms with Gasteiger partial charge in [0.25, 0.3) is 0 Å². The maximum absolute atomic E-state index is 14.3. The van der Waals surface area contributed by atoms with Gasteiger partial charge in [-0.1, -0.05) is 12.1 Å². The molecule has 1 aliphatic rings. The molecule has 1 aromatic carbocycles. The minimum atomic E-state index is -1.09. The maximum Gasteiger partial charge on any atom is 0.407 e. The van der Waals surface area contributed by atoms with Gasteiger partial charge >= 0.3 is 12.1 Å². The minimum Gasteiger partial charge on any atom is -0.478 e. The summed E-state index contributed by atoms with van der Waals surface area (Å²) in [6, 6.07) is 6.09. The Hall–Kier alpha value is -3.23. The van der Waals surface area contributed by atoms with E-state index in [1.807, 2.05) is 20.8 Å². The molecule has 8 nitrogen and oxygen atoms in total. The third kappa shape index (κ3) is 6.37. The van der Waals surface area contributed by atoms with Crippen molar-refractivity contribution in [2.75, 3.05) is 5.32 Å². The molecule has 3 rings (SSSR count). The van der Waals surface area contributed by atoms with Crippen molar-refractivity contribution in [3.05, 3.63) is 41.8 Å². The number of anilines is 1. The molecule has 0 unspecified atom stereocenters. The van der Waals surface area contributed by atoms with Gasteiger partial charge in [0.05, 0.1) is 11.8 Å². The number of carbonyl (C=O) groups excluding carboxylic acids is 1. The Labute approximate surface area is 180 Å². The van der Waals surface area contributed by atoms with Crippen LogP contribution in [0.1, 0.15) is 56.8 Å². The normalized spacial score (nSPS) is 18.8. The van der Waals surface area contributed by atoms with E-state index in [4.69, 9.17) is 9.84 Å². The summed E-state index contributed by atoms with van der Waals surface area (Å²) >= 11 is 0. The molecule has 3 N–H and O–H groups in total. The lowest BCUT2D eigenvalue weighted by Crippen LogP contribution is -2.42. The van der Waals surface area contributed by atoms with Crippen LogP contribution in [0.5, 0.6) is 0 Å². The van der Waals surface area contributed by atoms with E-state index >= 15 is 0 Å². The van der Waals surface area contributed by atoms with Gasteiger partial charge in [-0.15, -0.1) is 0 Å². The predicted molar refractivity (Wildman–Crippen MR) is 113 cm³/mol. The largest absolute Gasteiger partial charge is 0.478 e. The molecule has 0 spiro atoms. The third-order valence-electron chi connectivity index (χ3n) is 4.91. The molecule has 1 fully saturated rings. The molecule has 0 aliphatic heterocycles. The molecule has 0 saturated heterocycles. The van der Waals surface area contributed by atoms with Crippen molar-refractivity contribution in [1.29, 1.82) is 0 Å². The fourth-order valence-corrected chi connectivity index (χ4v) is 3.48. The van der Waals surface area contributed by atoms with Crippen LogP contribution in [0.3, 0.4) is 0 Å². The summed E-state index contributed by atoms with van der Waals surface area (Å²) in [5, 5.41) is 15.3. The second kappa shape index (κ2) is 9.28. The highest BCUT2D eigenvalue weighted by atomic mass is 19.1. The van der Waals surface area contributed by atoms with Crippen molar-refractivity contribution < 1.29 is 23.8 Å². The van der Waals surface area contributed by atoms with Crippen LogP contribution in [0.25, 0.3) is 11.3 Å². The number of aromatic carboxylic acids is 1. The van der Waals surface area contributed by atoms with Crippen LogP contribution in [0.15, 0.2) is 30.5 Å². The molecule has 31 heavy (non-hydrogen) atoms. The van der Waals surface area contributed by atoms with Gasteiger partial charge in [0, 0.05) is 17.6 Å². The fraction of sp³-hybridized carbons (Fsp3) is 0.455. The summed E-state index contributed by atoms with van der Waals surface area (Å²) < 4.78 is 19.6. The van der Waals surface area contributed by atoms with Gasteiger partial charge in [0.1, 0.15) is 11.3 Å². The summed E-state index contributed by atoms with van der Waals surface area (Å²) in [6.45, 7) is 5.47. The molecule has 0 atom stereocenters. The second-order valence-electron chi connectivity index (χ2n) is 8.62. The zero-order chi connectivity index (χ0) is 22.6. The number of hydrogen-bond donors (Lipinski definition) is 3. The number of carboxylic acid groups (broad SMARTS) is 1. The van der Waals surface area contributed by atoms with Crippen molar-refractivity contribution in [2.45, 2.75) is 64.1 Å². The van der Waals surface area contributed by atoms with Crippen molar-refractivity contribution in [3.63, 3.8) is 0 Å². The van der Waals surface area contributed by atoms with Crippen molar-refractivity contribution in [3.8, 4) is 11.3 Å². The highest BCUT2D eigenvalue weighted by Gasteiger charge is 2.25. The SMILES string of the molecule is CC(C)(C)OC(=O)NC1CCC(Nc2ncc(F)c(-c3cccc(C(=O)O)c3)n2)CC1. The Morgan fingerprint density at radius 1 is 1.16 bits per heavy atom. The second-order valence-corrected chi connectivity index (χ2v) is 8.62. The zero-order valence-electron chi connectivity index (χ0n) is 17.8. The number of carboxylic acids is 1. The number of rotatable bonds is 5. The lowest BCUT2D eigenvalue weighted by molar-refractivity contribution is 0.0491. The number of hydrogen-bond acceptors (Lipinski definition) is 6. The number of carbonyl (C=O) groups is 2. The van der Waals surface area contributed by atoms with E-state index in [1.165, 1.54) is 12.1 Å². The van der Waals surface area contributed by atoms with Crippen molar-refractivity contribution in [2.24, 2.45) is 0 Å². The first-order valence-electron chi connectivity index (χ1n) is 10.2. The quantitative estimate of drug-likeness (QED) is 0.650. The molecule has 1 aliphatic carbocycles. The average molecular weight is 430 g/mol. The number of nitrogens with zero attached hydrogens (tertiary/aromatic N) is 2. The van der Waals surface area contributed by atoms with E-state index in [0.717, 1.165) is 31.9 Å². The first-order valence-corrected chi connectivity index (χ1v) is 10.2. The molecule has 0 radical (unpaired) electrons. The van der Waals surface area contributed by atoms with E-state index in [-0.39, 0.29) is 29.3 Å². The van der Waals surface area contributed by atoms with Crippen LogP contribution in [-0.2, 0) is 4.74 Å². The molecular weight excluding hydrogens is 403 g/mol. The molecule has 1 amide bonds. The lowest BCUT2D eigenvalue weighted by Gasteiger charge is -2.30. The van der Waals surface area contributed by atoms with Gasteiger partial charge in [-0.05, 0) is 58.6 Å². The number of aromatic nitrogens is 2. The Kier molecular flexibility index (Phi) is 6.72. The summed E-state index contributed by atoms with van der Waals surface area (Å²) in [7, 11) is 0. The van der Waals surface area contributed by atoms with Gasteiger partial charge in [-0.2, -0.15) is 0 Å². The van der Waals surface area contributed by atoms with E-state index < -0.39 is 23.5 Å². The maximum atomic E-state index is 14.3.